The molecule has 1 fully saturated rings. The van der Waals surface area contributed by atoms with E-state index < -0.39 is 0 Å². The number of nitrogens with one attached hydrogen (secondary N) is 1. The Hall–Kier alpha value is -1.59. The molecule has 0 atom stereocenters. The normalized spacial score (nSPS) is 16.1. The van der Waals surface area contributed by atoms with Gasteiger partial charge < -0.3 is 20.7 Å². The first kappa shape index (κ1) is 15.8. The van der Waals surface area contributed by atoms with E-state index >= 15 is 0 Å². The van der Waals surface area contributed by atoms with Crippen molar-refractivity contribution in [2.24, 2.45) is 0 Å². The minimum absolute atomic E-state index is 0.0426. The minimum Gasteiger partial charge on any atom is -0.399 e. The van der Waals surface area contributed by atoms with Gasteiger partial charge in [0.1, 0.15) is 0 Å². The molecule has 21 heavy (non-hydrogen) atoms. The van der Waals surface area contributed by atoms with Crippen molar-refractivity contribution in [2.45, 2.75) is 31.7 Å². The summed E-state index contributed by atoms with van der Waals surface area (Å²) in [5.41, 5.74) is 7.11. The van der Waals surface area contributed by atoms with Crippen molar-refractivity contribution in [1.82, 2.24) is 4.90 Å². The van der Waals surface area contributed by atoms with Gasteiger partial charge in [0.25, 0.3) is 0 Å². The van der Waals surface area contributed by atoms with Crippen LogP contribution in [0.3, 0.4) is 0 Å². The van der Waals surface area contributed by atoms with Gasteiger partial charge in [0.2, 0.25) is 5.91 Å². The van der Waals surface area contributed by atoms with Gasteiger partial charge in [0.05, 0.1) is 0 Å². The van der Waals surface area contributed by atoms with Gasteiger partial charge in [0, 0.05) is 37.1 Å². The molecule has 0 bridgehead atoms. The summed E-state index contributed by atoms with van der Waals surface area (Å²) in [6.07, 6.45) is 3.57. The summed E-state index contributed by atoms with van der Waals surface area (Å²) in [5.74, 6) is 0.0426. The molecule has 1 saturated heterocycles. The Morgan fingerprint density at radius 2 is 2.19 bits per heavy atom. The van der Waals surface area contributed by atoms with Crippen LogP contribution < -0.4 is 11.1 Å². The number of hydrogen-bond acceptors (Lipinski definition) is 4. The fourth-order valence-corrected chi connectivity index (χ4v) is 2.64. The molecule has 116 valence electrons. The third-order valence-electron chi connectivity index (χ3n) is 3.90. The average Bonchev–Trinajstić information content (AvgIpc) is 2.48. The number of anilines is 2. The molecule has 0 aliphatic carbocycles. The lowest BCUT2D eigenvalue weighted by Crippen LogP contribution is -2.37. The Balaban J connectivity index is 1.66. The highest BCUT2D eigenvalue weighted by atomic mass is 16.5. The number of nitrogens with two attached hydrogens (primary N) is 1. The molecule has 1 heterocycles. The quantitative estimate of drug-likeness (QED) is 0.788. The fraction of sp³-hybridized carbons (Fsp3) is 0.562. The van der Waals surface area contributed by atoms with E-state index in [0.717, 1.165) is 44.7 Å². The monoisotopic (exact) mass is 291 g/mol. The van der Waals surface area contributed by atoms with Crippen LogP contribution in [0, 0.1) is 0 Å². The summed E-state index contributed by atoms with van der Waals surface area (Å²) in [5, 5.41) is 2.88. The van der Waals surface area contributed by atoms with Gasteiger partial charge >= 0.3 is 0 Å². The van der Waals surface area contributed by atoms with Crippen molar-refractivity contribution in [3.05, 3.63) is 24.3 Å². The zero-order valence-corrected chi connectivity index (χ0v) is 12.7. The number of nitrogen functional groups attached to an aromatic ring is 1. The summed E-state index contributed by atoms with van der Waals surface area (Å²) in [6.45, 7) is 2.64. The number of carbonyl (C=O) groups is 1. The number of nitrogens with zero attached hydrogens (tertiary/aromatic N) is 1. The maximum atomic E-state index is 11.9. The molecule has 0 unspecified atom stereocenters. The van der Waals surface area contributed by atoms with Crippen molar-refractivity contribution in [2.75, 3.05) is 37.9 Å². The molecule has 0 aromatic heterocycles. The number of carbonyl (C=O) groups excluding carboxylic acids is 1. The van der Waals surface area contributed by atoms with Crippen LogP contribution in [0.1, 0.15) is 25.7 Å². The lowest BCUT2D eigenvalue weighted by molar-refractivity contribution is -0.116. The molecule has 5 nitrogen and oxygen atoms in total. The minimum atomic E-state index is 0.0426. The molecule has 1 aliphatic heterocycles. The van der Waals surface area contributed by atoms with E-state index in [1.54, 1.807) is 12.1 Å². The van der Waals surface area contributed by atoms with E-state index in [0.29, 0.717) is 18.2 Å². The van der Waals surface area contributed by atoms with Crippen LogP contribution in [0.4, 0.5) is 11.4 Å². The predicted octanol–water partition coefficient (Wildman–Crippen LogP) is 2.10. The second-order valence-electron chi connectivity index (χ2n) is 5.60. The second-order valence-corrected chi connectivity index (χ2v) is 5.60. The highest BCUT2D eigenvalue weighted by Crippen LogP contribution is 2.14. The van der Waals surface area contributed by atoms with E-state index in [4.69, 9.17) is 10.5 Å². The van der Waals surface area contributed by atoms with Crippen molar-refractivity contribution >= 4 is 17.3 Å². The van der Waals surface area contributed by atoms with Crippen LogP contribution in [0.5, 0.6) is 0 Å². The first-order valence-corrected chi connectivity index (χ1v) is 7.58. The molecule has 1 aliphatic rings. The van der Waals surface area contributed by atoms with Crippen LogP contribution in [-0.2, 0) is 9.53 Å². The third kappa shape index (κ3) is 5.36. The van der Waals surface area contributed by atoms with Crippen molar-refractivity contribution < 1.29 is 9.53 Å². The Morgan fingerprint density at radius 3 is 2.90 bits per heavy atom. The number of ether oxygens (including phenoxy) is 1. The molecule has 3 N–H and O–H groups in total. The van der Waals surface area contributed by atoms with Gasteiger partial charge in [-0.15, -0.1) is 0 Å². The highest BCUT2D eigenvalue weighted by Gasteiger charge is 2.18. The number of benzene rings is 1. The Labute approximate surface area is 126 Å². The molecule has 5 heteroatoms. The molecule has 1 amide bonds. The number of rotatable bonds is 6. The number of amides is 1. The van der Waals surface area contributed by atoms with Crippen molar-refractivity contribution in [3.8, 4) is 0 Å². The Morgan fingerprint density at radius 1 is 1.43 bits per heavy atom. The van der Waals surface area contributed by atoms with E-state index in [-0.39, 0.29) is 5.91 Å². The van der Waals surface area contributed by atoms with Crippen molar-refractivity contribution in [3.63, 3.8) is 0 Å². The van der Waals surface area contributed by atoms with Gasteiger partial charge in [-0.05, 0) is 51.1 Å². The second kappa shape index (κ2) is 8.00. The van der Waals surface area contributed by atoms with Gasteiger partial charge in [-0.25, -0.2) is 0 Å². The summed E-state index contributed by atoms with van der Waals surface area (Å²) < 4.78 is 5.37. The third-order valence-corrected chi connectivity index (χ3v) is 3.90. The van der Waals surface area contributed by atoms with Crippen LogP contribution in [-0.4, -0.2) is 43.7 Å². The molecule has 1 aromatic carbocycles. The van der Waals surface area contributed by atoms with Gasteiger partial charge in [-0.2, -0.15) is 0 Å². The molecule has 0 radical (unpaired) electrons. The lowest BCUT2D eigenvalue weighted by Gasteiger charge is -2.31. The van der Waals surface area contributed by atoms with E-state index in [1.165, 1.54) is 0 Å². The lowest BCUT2D eigenvalue weighted by atomic mass is 10.1. The Bertz CT molecular complexity index is 459. The zero-order valence-electron chi connectivity index (χ0n) is 12.7. The topological polar surface area (TPSA) is 67.6 Å². The van der Waals surface area contributed by atoms with E-state index in [9.17, 15) is 4.79 Å². The standard InChI is InChI=1S/C16H25N3O2/c1-19(15-7-10-21-11-8-15)9-3-6-16(20)18-14-5-2-4-13(17)12-14/h2,4-5,12,15H,3,6-11,17H2,1H3,(H,18,20). The molecule has 1 aromatic rings. The van der Waals surface area contributed by atoms with Crippen LogP contribution >= 0.6 is 0 Å². The molecular weight excluding hydrogens is 266 g/mol. The SMILES string of the molecule is CN(CCCC(=O)Nc1cccc(N)c1)C1CCOCC1. The van der Waals surface area contributed by atoms with E-state index in [2.05, 4.69) is 17.3 Å². The predicted molar refractivity (Wildman–Crippen MR) is 85.2 cm³/mol. The first-order chi connectivity index (χ1) is 10.1. The van der Waals surface area contributed by atoms with Gasteiger partial charge in [0.15, 0.2) is 0 Å². The summed E-state index contributed by atoms with van der Waals surface area (Å²) >= 11 is 0. The molecular formula is C16H25N3O2. The van der Waals surface area contributed by atoms with Crippen LogP contribution in [0.15, 0.2) is 24.3 Å². The zero-order chi connectivity index (χ0) is 15.1. The molecule has 0 saturated carbocycles. The summed E-state index contributed by atoms with van der Waals surface area (Å²) in [6, 6.07) is 7.85. The Kier molecular flexibility index (Phi) is 6.02. The smallest absolute Gasteiger partial charge is 0.224 e. The molecule has 2 rings (SSSR count). The van der Waals surface area contributed by atoms with Gasteiger partial charge in [-0.1, -0.05) is 6.07 Å². The number of hydrogen-bond donors (Lipinski definition) is 2. The van der Waals surface area contributed by atoms with Crippen molar-refractivity contribution in [1.29, 1.82) is 0 Å². The van der Waals surface area contributed by atoms with Crippen LogP contribution in [0.25, 0.3) is 0 Å². The van der Waals surface area contributed by atoms with Crippen LogP contribution in [0.2, 0.25) is 0 Å². The maximum absolute atomic E-state index is 11.9. The summed E-state index contributed by atoms with van der Waals surface area (Å²) in [4.78, 5) is 14.2. The summed E-state index contributed by atoms with van der Waals surface area (Å²) in [7, 11) is 2.13. The first-order valence-electron chi connectivity index (χ1n) is 7.58. The van der Waals surface area contributed by atoms with E-state index in [1.807, 2.05) is 12.1 Å². The molecule has 0 spiro atoms. The maximum Gasteiger partial charge on any atom is 0.224 e. The fourth-order valence-electron chi connectivity index (χ4n) is 2.64. The average molecular weight is 291 g/mol. The largest absolute Gasteiger partial charge is 0.399 e. The van der Waals surface area contributed by atoms with Gasteiger partial charge in [-0.3, -0.25) is 4.79 Å². The highest BCUT2D eigenvalue weighted by molar-refractivity contribution is 5.91.